The fourth-order valence-electron chi connectivity index (χ4n) is 3.59. The molecule has 1 aromatic heterocycles. The number of hydrogen-bond acceptors (Lipinski definition) is 3. The molecule has 3 rings (SSSR count). The molecule has 2 aliphatic rings. The van der Waals surface area contributed by atoms with Crippen molar-refractivity contribution in [2.24, 2.45) is 5.92 Å². The van der Waals surface area contributed by atoms with Crippen LogP contribution in [-0.2, 0) is 13.0 Å². The minimum Gasteiger partial charge on any atom is -0.316 e. The molecular weight excluding hydrogens is 212 g/mol. The van der Waals surface area contributed by atoms with Crippen molar-refractivity contribution in [3.8, 4) is 0 Å². The van der Waals surface area contributed by atoms with Crippen LogP contribution in [0, 0.1) is 12.8 Å². The number of aromatic nitrogens is 3. The van der Waals surface area contributed by atoms with Gasteiger partial charge in [-0.15, -0.1) is 10.2 Å². The number of fused-ring (bicyclic) bond motifs is 2. The van der Waals surface area contributed by atoms with Gasteiger partial charge >= 0.3 is 0 Å². The molecule has 0 aliphatic carbocycles. The Bertz CT molecular complexity index is 386. The lowest BCUT2D eigenvalue weighted by atomic mass is 9.89. The van der Waals surface area contributed by atoms with Crippen molar-refractivity contribution in [1.82, 2.24) is 20.1 Å². The van der Waals surface area contributed by atoms with Gasteiger partial charge in [0.15, 0.2) is 0 Å². The van der Waals surface area contributed by atoms with Gasteiger partial charge in [0.2, 0.25) is 0 Å². The molecule has 1 aromatic rings. The average molecular weight is 234 g/mol. The Balaban J connectivity index is 1.70. The van der Waals surface area contributed by atoms with Gasteiger partial charge in [0.1, 0.15) is 11.6 Å². The number of piperidine rings is 1. The topological polar surface area (TPSA) is 42.7 Å². The first-order valence-corrected chi connectivity index (χ1v) is 6.91. The molecule has 2 saturated heterocycles. The molecule has 2 aliphatic heterocycles. The molecule has 17 heavy (non-hydrogen) atoms. The Hall–Kier alpha value is -0.900. The van der Waals surface area contributed by atoms with Gasteiger partial charge in [-0.05, 0) is 45.4 Å². The molecule has 3 heterocycles. The summed E-state index contributed by atoms with van der Waals surface area (Å²) in [6.45, 7) is 5.21. The number of rotatable bonds is 3. The van der Waals surface area contributed by atoms with Crippen molar-refractivity contribution in [3.05, 3.63) is 11.6 Å². The van der Waals surface area contributed by atoms with Crippen molar-refractivity contribution < 1.29 is 0 Å². The summed E-state index contributed by atoms with van der Waals surface area (Å²) in [5, 5.41) is 12.2. The lowest BCUT2D eigenvalue weighted by molar-refractivity contribution is 0.293. The molecular formula is C13H22N4. The third kappa shape index (κ3) is 2.10. The van der Waals surface area contributed by atoms with E-state index in [1.165, 1.54) is 31.5 Å². The second-order valence-electron chi connectivity index (χ2n) is 5.59. The Morgan fingerprint density at radius 2 is 1.94 bits per heavy atom. The Morgan fingerprint density at radius 3 is 2.59 bits per heavy atom. The highest BCUT2D eigenvalue weighted by atomic mass is 15.3. The second kappa shape index (κ2) is 4.41. The Labute approximate surface area is 103 Å². The van der Waals surface area contributed by atoms with E-state index >= 15 is 0 Å². The number of aryl methyl sites for hydroxylation is 1. The molecule has 2 bridgehead atoms. The van der Waals surface area contributed by atoms with Crippen LogP contribution in [0.5, 0.6) is 0 Å². The normalized spacial score (nSPS) is 32.0. The summed E-state index contributed by atoms with van der Waals surface area (Å²) < 4.78 is 2.25. The van der Waals surface area contributed by atoms with Gasteiger partial charge in [0, 0.05) is 25.0 Å². The smallest absolute Gasteiger partial charge is 0.133 e. The molecule has 0 saturated carbocycles. The molecule has 2 fully saturated rings. The van der Waals surface area contributed by atoms with E-state index in [1.807, 2.05) is 6.92 Å². The summed E-state index contributed by atoms with van der Waals surface area (Å²) >= 11 is 0. The number of nitrogens with zero attached hydrogens (tertiary/aromatic N) is 3. The van der Waals surface area contributed by atoms with E-state index < -0.39 is 0 Å². The van der Waals surface area contributed by atoms with Gasteiger partial charge < -0.3 is 9.88 Å². The standard InChI is InChI=1S/C13H22N4/c1-3-17-9(2)15-16-13(17)8-10-6-11-4-5-12(7-10)14-11/h10-12,14H,3-8H2,1-2H3. The molecule has 0 aromatic carbocycles. The van der Waals surface area contributed by atoms with Crippen molar-refractivity contribution in [1.29, 1.82) is 0 Å². The first-order valence-electron chi connectivity index (χ1n) is 6.91. The second-order valence-corrected chi connectivity index (χ2v) is 5.59. The summed E-state index contributed by atoms with van der Waals surface area (Å²) in [5.74, 6) is 3.05. The molecule has 0 radical (unpaired) electrons. The van der Waals surface area contributed by atoms with Gasteiger partial charge in [-0.3, -0.25) is 0 Å². The fraction of sp³-hybridized carbons (Fsp3) is 0.846. The minimum atomic E-state index is 0.776. The van der Waals surface area contributed by atoms with Crippen LogP contribution in [0.3, 0.4) is 0 Å². The van der Waals surface area contributed by atoms with E-state index in [1.54, 1.807) is 0 Å². The van der Waals surface area contributed by atoms with Gasteiger partial charge in [-0.2, -0.15) is 0 Å². The minimum absolute atomic E-state index is 0.776. The van der Waals surface area contributed by atoms with Crippen LogP contribution in [0.15, 0.2) is 0 Å². The maximum absolute atomic E-state index is 4.34. The lowest BCUT2D eigenvalue weighted by Gasteiger charge is -2.28. The van der Waals surface area contributed by atoms with E-state index in [4.69, 9.17) is 0 Å². The van der Waals surface area contributed by atoms with Crippen molar-refractivity contribution >= 4 is 0 Å². The van der Waals surface area contributed by atoms with Crippen molar-refractivity contribution in [2.45, 2.75) is 64.6 Å². The fourth-order valence-corrected chi connectivity index (χ4v) is 3.59. The summed E-state index contributed by atoms with van der Waals surface area (Å²) in [5.41, 5.74) is 0. The Morgan fingerprint density at radius 1 is 1.24 bits per heavy atom. The number of hydrogen-bond donors (Lipinski definition) is 1. The third-order valence-electron chi connectivity index (χ3n) is 4.37. The van der Waals surface area contributed by atoms with Crippen LogP contribution in [0.1, 0.15) is 44.3 Å². The molecule has 4 nitrogen and oxygen atoms in total. The summed E-state index contributed by atoms with van der Waals surface area (Å²) in [7, 11) is 0. The van der Waals surface area contributed by atoms with E-state index in [2.05, 4.69) is 27.0 Å². The summed E-state index contributed by atoms with van der Waals surface area (Å²) in [6.07, 6.45) is 6.52. The lowest BCUT2D eigenvalue weighted by Crippen LogP contribution is -2.38. The van der Waals surface area contributed by atoms with E-state index in [9.17, 15) is 0 Å². The van der Waals surface area contributed by atoms with Gasteiger partial charge in [0.25, 0.3) is 0 Å². The first kappa shape index (κ1) is 11.2. The maximum Gasteiger partial charge on any atom is 0.133 e. The largest absolute Gasteiger partial charge is 0.316 e. The quantitative estimate of drug-likeness (QED) is 0.865. The van der Waals surface area contributed by atoms with Crippen LogP contribution in [0.2, 0.25) is 0 Å². The van der Waals surface area contributed by atoms with Crippen LogP contribution in [0.4, 0.5) is 0 Å². The zero-order chi connectivity index (χ0) is 11.8. The van der Waals surface area contributed by atoms with Crippen LogP contribution >= 0.6 is 0 Å². The highest BCUT2D eigenvalue weighted by Crippen LogP contribution is 2.32. The molecule has 94 valence electrons. The molecule has 0 spiro atoms. The van der Waals surface area contributed by atoms with E-state index in [0.717, 1.165) is 36.8 Å². The predicted octanol–water partition coefficient (Wildman–Crippen LogP) is 1.68. The summed E-state index contributed by atoms with van der Waals surface area (Å²) in [4.78, 5) is 0. The van der Waals surface area contributed by atoms with Gasteiger partial charge in [0.05, 0.1) is 0 Å². The highest BCUT2D eigenvalue weighted by Gasteiger charge is 2.33. The molecule has 4 heteroatoms. The predicted molar refractivity (Wildman–Crippen MR) is 66.8 cm³/mol. The highest BCUT2D eigenvalue weighted by molar-refractivity contribution is 4.99. The SMILES string of the molecule is CCn1c(C)nnc1CC1CC2CCC(C1)N2. The summed E-state index contributed by atoms with van der Waals surface area (Å²) in [6, 6.07) is 1.55. The van der Waals surface area contributed by atoms with E-state index in [0.29, 0.717) is 0 Å². The van der Waals surface area contributed by atoms with Crippen LogP contribution < -0.4 is 5.32 Å². The van der Waals surface area contributed by atoms with Crippen molar-refractivity contribution in [2.75, 3.05) is 0 Å². The monoisotopic (exact) mass is 234 g/mol. The molecule has 0 amide bonds. The van der Waals surface area contributed by atoms with Crippen LogP contribution in [0.25, 0.3) is 0 Å². The maximum atomic E-state index is 4.34. The average Bonchev–Trinajstić information content (AvgIpc) is 2.83. The van der Waals surface area contributed by atoms with Crippen molar-refractivity contribution in [3.63, 3.8) is 0 Å². The molecule has 2 unspecified atom stereocenters. The zero-order valence-electron chi connectivity index (χ0n) is 10.8. The third-order valence-corrected chi connectivity index (χ3v) is 4.37. The molecule has 2 atom stereocenters. The van der Waals surface area contributed by atoms with E-state index in [-0.39, 0.29) is 0 Å². The molecule has 1 N–H and O–H groups in total. The first-order chi connectivity index (χ1) is 8.26. The number of nitrogens with one attached hydrogen (secondary N) is 1. The van der Waals surface area contributed by atoms with Gasteiger partial charge in [-0.25, -0.2) is 0 Å². The zero-order valence-corrected chi connectivity index (χ0v) is 10.8. The van der Waals surface area contributed by atoms with Gasteiger partial charge in [-0.1, -0.05) is 0 Å². The van der Waals surface area contributed by atoms with Crippen LogP contribution in [-0.4, -0.2) is 26.8 Å². The Kier molecular flexibility index (Phi) is 2.90.